The van der Waals surface area contributed by atoms with Crippen molar-refractivity contribution in [1.82, 2.24) is 10.3 Å². The van der Waals surface area contributed by atoms with Crippen molar-refractivity contribution in [3.8, 4) is 5.88 Å². The molecule has 0 bridgehead atoms. The molecule has 0 spiro atoms. The van der Waals surface area contributed by atoms with Crippen LogP contribution in [0.4, 0.5) is 0 Å². The standard InChI is InChI=1S/C13H17N3O3S/c17-20(18)8-4-10(9-20)19-13-11(3-1-5-16-13)12-14-6-2-7-15-12/h1,3,5,10H,2,4,6-9H2,(H,14,15). The number of pyridine rings is 1. The van der Waals surface area contributed by atoms with Crippen LogP contribution in [0.3, 0.4) is 0 Å². The van der Waals surface area contributed by atoms with Crippen LogP contribution in [0, 0.1) is 0 Å². The number of aliphatic imine (C=N–C) groups is 1. The molecule has 2 aliphatic rings. The second-order valence-electron chi connectivity index (χ2n) is 5.01. The highest BCUT2D eigenvalue weighted by atomic mass is 32.2. The number of hydrogen-bond acceptors (Lipinski definition) is 6. The maximum atomic E-state index is 11.5. The molecule has 3 heterocycles. The summed E-state index contributed by atoms with van der Waals surface area (Å²) in [7, 11) is -2.95. The molecule has 1 N–H and O–H groups in total. The van der Waals surface area contributed by atoms with E-state index < -0.39 is 9.84 Å². The average molecular weight is 295 g/mol. The predicted octanol–water partition coefficient (Wildman–Crippen LogP) is 0.387. The van der Waals surface area contributed by atoms with Gasteiger partial charge in [-0.1, -0.05) is 0 Å². The number of ether oxygens (including phenoxy) is 1. The zero-order valence-electron chi connectivity index (χ0n) is 11.1. The normalized spacial score (nSPS) is 24.8. The van der Waals surface area contributed by atoms with Crippen molar-refractivity contribution in [2.75, 3.05) is 24.6 Å². The van der Waals surface area contributed by atoms with Crippen LogP contribution in [0.1, 0.15) is 18.4 Å². The van der Waals surface area contributed by atoms with E-state index in [1.54, 1.807) is 6.20 Å². The van der Waals surface area contributed by atoms with Gasteiger partial charge in [-0.05, 0) is 25.0 Å². The Morgan fingerprint density at radius 3 is 3.00 bits per heavy atom. The first-order chi connectivity index (χ1) is 9.64. The van der Waals surface area contributed by atoms with Crippen molar-refractivity contribution in [2.45, 2.75) is 18.9 Å². The Balaban J connectivity index is 1.81. The van der Waals surface area contributed by atoms with Gasteiger partial charge in [-0.15, -0.1) is 0 Å². The number of aromatic nitrogens is 1. The molecule has 2 aliphatic heterocycles. The first kappa shape index (κ1) is 13.4. The predicted molar refractivity (Wildman–Crippen MR) is 75.9 cm³/mol. The zero-order valence-corrected chi connectivity index (χ0v) is 11.9. The number of nitrogens with zero attached hydrogens (tertiary/aromatic N) is 2. The first-order valence-electron chi connectivity index (χ1n) is 6.75. The Kier molecular flexibility index (Phi) is 3.60. The highest BCUT2D eigenvalue weighted by Gasteiger charge is 2.30. The van der Waals surface area contributed by atoms with Crippen molar-refractivity contribution in [3.63, 3.8) is 0 Å². The molecule has 0 aliphatic carbocycles. The fourth-order valence-electron chi connectivity index (χ4n) is 2.39. The number of sulfone groups is 1. The lowest BCUT2D eigenvalue weighted by Crippen LogP contribution is -2.31. The van der Waals surface area contributed by atoms with Crippen LogP contribution in [0.15, 0.2) is 23.3 Å². The highest BCUT2D eigenvalue weighted by molar-refractivity contribution is 7.91. The number of rotatable bonds is 3. The number of amidine groups is 1. The van der Waals surface area contributed by atoms with E-state index >= 15 is 0 Å². The van der Waals surface area contributed by atoms with E-state index in [0.717, 1.165) is 30.9 Å². The van der Waals surface area contributed by atoms with Gasteiger partial charge in [0.1, 0.15) is 11.9 Å². The minimum Gasteiger partial charge on any atom is -0.473 e. The van der Waals surface area contributed by atoms with E-state index in [0.29, 0.717) is 12.3 Å². The highest BCUT2D eigenvalue weighted by Crippen LogP contribution is 2.22. The molecule has 3 rings (SSSR count). The molecule has 0 saturated carbocycles. The van der Waals surface area contributed by atoms with E-state index in [1.165, 1.54) is 0 Å². The molecule has 1 atom stereocenters. The van der Waals surface area contributed by atoms with Crippen molar-refractivity contribution < 1.29 is 13.2 Å². The van der Waals surface area contributed by atoms with Gasteiger partial charge >= 0.3 is 0 Å². The largest absolute Gasteiger partial charge is 0.473 e. The lowest BCUT2D eigenvalue weighted by atomic mass is 10.2. The van der Waals surface area contributed by atoms with Gasteiger partial charge in [-0.3, -0.25) is 4.99 Å². The Morgan fingerprint density at radius 1 is 1.40 bits per heavy atom. The molecule has 20 heavy (non-hydrogen) atoms. The molecule has 1 aromatic heterocycles. The molecule has 0 radical (unpaired) electrons. The summed E-state index contributed by atoms with van der Waals surface area (Å²) in [6, 6.07) is 3.72. The fraction of sp³-hybridized carbons (Fsp3) is 0.538. The Bertz CT molecular complexity index is 628. The third-order valence-corrected chi connectivity index (χ3v) is 5.13. The van der Waals surface area contributed by atoms with Gasteiger partial charge in [0.2, 0.25) is 5.88 Å². The molecule has 7 heteroatoms. The lowest BCUT2D eigenvalue weighted by molar-refractivity contribution is 0.219. The van der Waals surface area contributed by atoms with Crippen LogP contribution in [0.5, 0.6) is 5.88 Å². The van der Waals surface area contributed by atoms with Crippen LogP contribution in [-0.2, 0) is 9.84 Å². The topological polar surface area (TPSA) is 80.7 Å². The average Bonchev–Trinajstić information content (AvgIpc) is 2.79. The monoisotopic (exact) mass is 295 g/mol. The maximum absolute atomic E-state index is 11.5. The van der Waals surface area contributed by atoms with Gasteiger partial charge in [0.25, 0.3) is 0 Å². The summed E-state index contributed by atoms with van der Waals surface area (Å²) in [4.78, 5) is 8.66. The van der Waals surface area contributed by atoms with E-state index in [4.69, 9.17) is 4.74 Å². The molecule has 6 nitrogen and oxygen atoms in total. The van der Waals surface area contributed by atoms with Crippen LogP contribution in [0.25, 0.3) is 0 Å². The summed E-state index contributed by atoms with van der Waals surface area (Å²) in [6.45, 7) is 1.67. The van der Waals surface area contributed by atoms with E-state index in [1.807, 2.05) is 12.1 Å². The van der Waals surface area contributed by atoms with E-state index in [-0.39, 0.29) is 17.6 Å². The van der Waals surface area contributed by atoms with E-state index in [2.05, 4.69) is 15.3 Å². The van der Waals surface area contributed by atoms with Gasteiger partial charge in [-0.2, -0.15) is 0 Å². The van der Waals surface area contributed by atoms with Crippen LogP contribution in [0.2, 0.25) is 0 Å². The molecule has 108 valence electrons. The Morgan fingerprint density at radius 2 is 2.30 bits per heavy atom. The smallest absolute Gasteiger partial charge is 0.224 e. The van der Waals surface area contributed by atoms with Gasteiger partial charge in [-0.25, -0.2) is 13.4 Å². The van der Waals surface area contributed by atoms with Crippen molar-refractivity contribution in [2.24, 2.45) is 4.99 Å². The third kappa shape index (κ3) is 2.92. The van der Waals surface area contributed by atoms with Gasteiger partial charge in [0.05, 0.1) is 17.1 Å². The van der Waals surface area contributed by atoms with Gasteiger partial charge in [0, 0.05) is 19.3 Å². The van der Waals surface area contributed by atoms with Crippen LogP contribution in [-0.4, -0.2) is 49.9 Å². The molecular weight excluding hydrogens is 278 g/mol. The summed E-state index contributed by atoms with van der Waals surface area (Å²) in [6.07, 6.45) is 2.88. The lowest BCUT2D eigenvalue weighted by Gasteiger charge is -2.18. The molecule has 1 unspecified atom stereocenters. The van der Waals surface area contributed by atoms with Crippen LogP contribution >= 0.6 is 0 Å². The quantitative estimate of drug-likeness (QED) is 0.872. The Hall–Kier alpha value is -1.63. The minimum atomic E-state index is -2.95. The number of hydrogen-bond donors (Lipinski definition) is 1. The number of nitrogens with one attached hydrogen (secondary N) is 1. The zero-order chi connectivity index (χ0) is 14.0. The first-order valence-corrected chi connectivity index (χ1v) is 8.57. The second kappa shape index (κ2) is 5.40. The molecular formula is C13H17N3O3S. The summed E-state index contributed by atoms with van der Waals surface area (Å²) >= 11 is 0. The molecule has 1 saturated heterocycles. The second-order valence-corrected chi connectivity index (χ2v) is 7.24. The van der Waals surface area contributed by atoms with Crippen LogP contribution < -0.4 is 10.1 Å². The summed E-state index contributed by atoms with van der Waals surface area (Å²) < 4.78 is 28.7. The summed E-state index contributed by atoms with van der Waals surface area (Å²) in [5, 5.41) is 3.23. The maximum Gasteiger partial charge on any atom is 0.224 e. The third-order valence-electron chi connectivity index (χ3n) is 3.39. The van der Waals surface area contributed by atoms with Crippen molar-refractivity contribution >= 4 is 15.7 Å². The molecule has 0 aromatic carbocycles. The Labute approximate surface area is 118 Å². The van der Waals surface area contributed by atoms with Crippen molar-refractivity contribution in [1.29, 1.82) is 0 Å². The summed E-state index contributed by atoms with van der Waals surface area (Å²) in [5.41, 5.74) is 0.802. The minimum absolute atomic E-state index is 0.0723. The van der Waals surface area contributed by atoms with E-state index in [9.17, 15) is 8.42 Å². The summed E-state index contributed by atoms with van der Waals surface area (Å²) in [5.74, 6) is 1.50. The molecule has 0 amide bonds. The fourth-order valence-corrected chi connectivity index (χ4v) is 3.98. The molecule has 1 aromatic rings. The van der Waals surface area contributed by atoms with Crippen molar-refractivity contribution in [3.05, 3.63) is 23.9 Å². The molecule has 1 fully saturated rings. The van der Waals surface area contributed by atoms with Gasteiger partial charge < -0.3 is 10.1 Å². The van der Waals surface area contributed by atoms with Gasteiger partial charge in [0.15, 0.2) is 9.84 Å². The SMILES string of the molecule is O=S1(=O)CCC(Oc2ncccc2C2=NCCCN2)C1.